The van der Waals surface area contributed by atoms with Gasteiger partial charge < -0.3 is 19.3 Å². The number of hydrogen-bond donors (Lipinski definition) is 0. The van der Waals surface area contributed by atoms with Gasteiger partial charge in [0.2, 0.25) is 5.69 Å². The SMILES string of the molecule is Cc1cc(C)c(N2CN(c3ccc4c5cccc6c5n(c4c3)-c3cc4c(c5c3N6c3ccccc3C5(C)C)-c3ccccc3[N+]3=CC=NC43)c3ccccc32)c(C)c1. The fourth-order valence-corrected chi connectivity index (χ4v) is 11.4. The first-order valence-corrected chi connectivity index (χ1v) is 20.4. The number of aryl methyl sites for hydroxylation is 3. The molecular formula is C52H41N6+. The third-order valence-electron chi connectivity index (χ3n) is 13.6. The van der Waals surface area contributed by atoms with Gasteiger partial charge in [-0.15, -0.1) is 0 Å². The molecule has 0 fully saturated rings. The van der Waals surface area contributed by atoms with Crippen LogP contribution in [-0.4, -0.2) is 28.2 Å². The van der Waals surface area contributed by atoms with Gasteiger partial charge in [0, 0.05) is 39.2 Å². The number of hydrogen-bond acceptors (Lipinski definition) is 4. The summed E-state index contributed by atoms with van der Waals surface area (Å²) in [6, 6.07) is 48.0. The van der Waals surface area contributed by atoms with Crippen LogP contribution in [0.25, 0.3) is 38.6 Å². The van der Waals surface area contributed by atoms with Crippen molar-refractivity contribution in [3.8, 4) is 16.8 Å². The number of para-hydroxylation sites is 5. The summed E-state index contributed by atoms with van der Waals surface area (Å²) in [5.41, 5.74) is 23.7. The van der Waals surface area contributed by atoms with Crippen molar-refractivity contribution in [1.82, 2.24) is 4.57 Å². The smallest absolute Gasteiger partial charge is 0.278 e. The average molecular weight is 750 g/mol. The summed E-state index contributed by atoms with van der Waals surface area (Å²) in [7, 11) is 0. The zero-order valence-electron chi connectivity index (χ0n) is 33.2. The molecule has 1 unspecified atom stereocenters. The molecule has 58 heavy (non-hydrogen) atoms. The van der Waals surface area contributed by atoms with Gasteiger partial charge in [0.1, 0.15) is 6.67 Å². The molecule has 0 N–H and O–H groups in total. The van der Waals surface area contributed by atoms with Crippen LogP contribution < -0.4 is 14.7 Å². The summed E-state index contributed by atoms with van der Waals surface area (Å²) >= 11 is 0. The van der Waals surface area contributed by atoms with Crippen molar-refractivity contribution >= 4 is 79.7 Å². The number of fused-ring (bicyclic) bond motifs is 15. The molecule has 5 aliphatic rings. The Morgan fingerprint density at radius 1 is 0.655 bits per heavy atom. The molecule has 0 radical (unpaired) electrons. The van der Waals surface area contributed by atoms with E-state index in [1.165, 1.54) is 117 Å². The molecule has 13 rings (SSSR count). The fraction of sp³-hybridized carbons (Fsp3) is 0.154. The van der Waals surface area contributed by atoms with Crippen LogP contribution in [0.3, 0.4) is 0 Å². The van der Waals surface area contributed by atoms with E-state index < -0.39 is 0 Å². The molecule has 6 heteroatoms. The Morgan fingerprint density at radius 3 is 2.21 bits per heavy atom. The van der Waals surface area contributed by atoms with Gasteiger partial charge in [0.25, 0.3) is 6.17 Å². The van der Waals surface area contributed by atoms with E-state index in [0.29, 0.717) is 0 Å². The van der Waals surface area contributed by atoms with Crippen LogP contribution in [0.4, 0.5) is 45.5 Å². The largest absolute Gasteiger partial charge is 0.321 e. The fourth-order valence-electron chi connectivity index (χ4n) is 11.4. The molecule has 6 heterocycles. The second kappa shape index (κ2) is 10.9. The van der Waals surface area contributed by atoms with E-state index in [0.717, 1.165) is 6.67 Å². The summed E-state index contributed by atoms with van der Waals surface area (Å²) in [4.78, 5) is 12.7. The van der Waals surface area contributed by atoms with Gasteiger partial charge in [-0.3, -0.25) is 0 Å². The molecule has 0 bridgehead atoms. The maximum atomic E-state index is 5.14. The number of nitrogens with zero attached hydrogens (tertiary/aromatic N) is 6. The summed E-state index contributed by atoms with van der Waals surface area (Å²) in [6.07, 6.45) is 4.00. The number of aromatic nitrogens is 1. The number of aliphatic imine (C=N–C) groups is 1. The molecule has 0 spiro atoms. The van der Waals surface area contributed by atoms with Crippen molar-refractivity contribution in [3.63, 3.8) is 0 Å². The molecular weight excluding hydrogens is 709 g/mol. The minimum Gasteiger partial charge on any atom is -0.321 e. The molecule has 1 aromatic heterocycles. The van der Waals surface area contributed by atoms with Crippen molar-refractivity contribution in [2.45, 2.75) is 46.2 Å². The van der Waals surface area contributed by atoms with Crippen LogP contribution in [-0.2, 0) is 5.41 Å². The maximum Gasteiger partial charge on any atom is 0.278 e. The lowest BCUT2D eigenvalue weighted by Crippen LogP contribution is -2.35. The molecule has 7 aromatic carbocycles. The first-order chi connectivity index (χ1) is 28.3. The van der Waals surface area contributed by atoms with Gasteiger partial charge in [-0.05, 0) is 91.6 Å². The summed E-state index contributed by atoms with van der Waals surface area (Å²) < 4.78 is 4.94. The highest BCUT2D eigenvalue weighted by molar-refractivity contribution is 6.19. The van der Waals surface area contributed by atoms with Crippen LogP contribution in [0.1, 0.15) is 53.4 Å². The lowest BCUT2D eigenvalue weighted by Gasteiger charge is -2.47. The van der Waals surface area contributed by atoms with Crippen LogP contribution in [0.5, 0.6) is 0 Å². The molecule has 6 nitrogen and oxygen atoms in total. The second-order valence-electron chi connectivity index (χ2n) is 17.3. The van der Waals surface area contributed by atoms with Crippen LogP contribution >= 0.6 is 0 Å². The van der Waals surface area contributed by atoms with Gasteiger partial charge >= 0.3 is 0 Å². The van der Waals surface area contributed by atoms with E-state index in [1.807, 2.05) is 6.21 Å². The summed E-state index contributed by atoms with van der Waals surface area (Å²) in [6.45, 7) is 12.3. The highest BCUT2D eigenvalue weighted by Crippen LogP contribution is 2.63. The third-order valence-corrected chi connectivity index (χ3v) is 13.6. The van der Waals surface area contributed by atoms with Crippen molar-refractivity contribution in [3.05, 3.63) is 161 Å². The van der Waals surface area contributed by atoms with Crippen molar-refractivity contribution in [1.29, 1.82) is 0 Å². The average Bonchev–Trinajstić information content (AvgIpc) is 3.96. The Morgan fingerprint density at radius 2 is 1.38 bits per heavy atom. The van der Waals surface area contributed by atoms with E-state index in [1.54, 1.807) is 0 Å². The van der Waals surface area contributed by atoms with Gasteiger partial charge in [-0.2, -0.15) is 4.58 Å². The number of anilines is 7. The van der Waals surface area contributed by atoms with E-state index in [9.17, 15) is 0 Å². The third kappa shape index (κ3) is 3.88. The predicted octanol–water partition coefficient (Wildman–Crippen LogP) is 12.9. The first-order valence-electron chi connectivity index (χ1n) is 20.4. The molecule has 0 aliphatic carbocycles. The Bertz CT molecular complexity index is 3230. The first kappa shape index (κ1) is 32.2. The summed E-state index contributed by atoms with van der Waals surface area (Å²) in [5, 5.41) is 2.52. The molecule has 1 atom stereocenters. The number of benzene rings is 7. The Labute approximate surface area is 337 Å². The van der Waals surface area contributed by atoms with Gasteiger partial charge in [0.15, 0.2) is 6.21 Å². The van der Waals surface area contributed by atoms with Gasteiger partial charge in [-0.1, -0.05) is 92.2 Å². The minimum atomic E-state index is -0.293. The lowest BCUT2D eigenvalue weighted by atomic mass is 9.68. The minimum absolute atomic E-state index is 0.126. The monoisotopic (exact) mass is 749 g/mol. The van der Waals surface area contributed by atoms with Gasteiger partial charge in [0.05, 0.1) is 62.5 Å². The highest BCUT2D eigenvalue weighted by atomic mass is 15.4. The molecule has 0 amide bonds. The van der Waals surface area contributed by atoms with Crippen LogP contribution in [0, 0.1) is 20.8 Å². The molecule has 0 saturated carbocycles. The quantitative estimate of drug-likeness (QED) is 0.165. The van der Waals surface area contributed by atoms with Crippen molar-refractivity contribution in [2.24, 2.45) is 4.99 Å². The van der Waals surface area contributed by atoms with E-state index in [-0.39, 0.29) is 11.6 Å². The lowest BCUT2D eigenvalue weighted by molar-refractivity contribution is -0.480. The van der Waals surface area contributed by atoms with Crippen molar-refractivity contribution < 1.29 is 4.58 Å². The topological polar surface area (TPSA) is 30.0 Å². The second-order valence-corrected chi connectivity index (χ2v) is 17.3. The Kier molecular flexibility index (Phi) is 6.06. The standard InChI is InChI=1S/C52H41N6/c1-30-25-31(2)48(32(3)26-30)56-29-55(41-18-10-11-19-42(41)56)33-21-22-34-35-14-12-20-43-49(35)58(44(34)27-33)45-28-37-46(36-13-6-8-16-39(36)54-24-23-53-51(37)54)47-50(45)57(43)40-17-9-7-15-38(40)52(47,4)5/h6-28,51H,29H2,1-5H3/q+1. The van der Waals surface area contributed by atoms with E-state index >= 15 is 0 Å². The van der Waals surface area contributed by atoms with Gasteiger partial charge in [-0.25, -0.2) is 4.99 Å². The molecule has 0 saturated heterocycles. The Hall–Kier alpha value is -6.92. The van der Waals surface area contributed by atoms with E-state index in [2.05, 4.69) is 192 Å². The zero-order chi connectivity index (χ0) is 38.8. The normalized spacial score (nSPS) is 17.2. The summed E-state index contributed by atoms with van der Waals surface area (Å²) in [5.74, 6) is 0. The number of rotatable bonds is 2. The molecule has 5 aliphatic heterocycles. The molecule has 8 aromatic rings. The van der Waals surface area contributed by atoms with Crippen molar-refractivity contribution in [2.75, 3.05) is 21.4 Å². The zero-order valence-corrected chi connectivity index (χ0v) is 33.2. The predicted molar refractivity (Wildman–Crippen MR) is 240 cm³/mol. The highest BCUT2D eigenvalue weighted by Gasteiger charge is 2.48. The maximum absolute atomic E-state index is 5.14. The molecule has 278 valence electrons. The Balaban J connectivity index is 1.11. The van der Waals surface area contributed by atoms with Crippen LogP contribution in [0.15, 0.2) is 132 Å². The van der Waals surface area contributed by atoms with Crippen LogP contribution in [0.2, 0.25) is 0 Å². The van der Waals surface area contributed by atoms with E-state index in [4.69, 9.17) is 4.99 Å².